The van der Waals surface area contributed by atoms with Crippen LogP contribution in [0, 0.1) is 11.7 Å². The summed E-state index contributed by atoms with van der Waals surface area (Å²) in [7, 11) is -3.63. The van der Waals surface area contributed by atoms with Crippen molar-refractivity contribution < 1.29 is 22.3 Å². The van der Waals surface area contributed by atoms with Gasteiger partial charge in [0.05, 0.1) is 18.4 Å². The van der Waals surface area contributed by atoms with Crippen LogP contribution in [-0.4, -0.2) is 38.3 Å². The Morgan fingerprint density at radius 2 is 1.81 bits per heavy atom. The highest BCUT2D eigenvalue weighted by Gasteiger charge is 2.32. The molecule has 0 bridgehead atoms. The van der Waals surface area contributed by atoms with Crippen LogP contribution in [0.15, 0.2) is 48.5 Å². The van der Waals surface area contributed by atoms with E-state index in [1.165, 1.54) is 22.5 Å². The van der Waals surface area contributed by atoms with Gasteiger partial charge in [0.25, 0.3) is 0 Å². The highest BCUT2D eigenvalue weighted by atomic mass is 32.2. The van der Waals surface area contributed by atoms with E-state index in [4.69, 9.17) is 4.74 Å². The third-order valence-electron chi connectivity index (χ3n) is 5.56. The van der Waals surface area contributed by atoms with Gasteiger partial charge in [-0.1, -0.05) is 30.3 Å². The maximum absolute atomic E-state index is 13.8. The molecule has 1 heterocycles. The van der Waals surface area contributed by atoms with Crippen molar-refractivity contribution in [3.63, 3.8) is 0 Å². The number of amides is 1. The molecule has 8 heteroatoms. The Kier molecular flexibility index (Phi) is 7.67. The zero-order chi connectivity index (χ0) is 22.4. The van der Waals surface area contributed by atoms with Crippen LogP contribution in [0.5, 0.6) is 5.75 Å². The fourth-order valence-electron chi connectivity index (χ4n) is 3.73. The van der Waals surface area contributed by atoms with E-state index in [1.54, 1.807) is 6.07 Å². The molecule has 1 saturated heterocycles. The predicted molar refractivity (Wildman–Crippen MR) is 117 cm³/mol. The Hall–Kier alpha value is -2.45. The quantitative estimate of drug-likeness (QED) is 0.669. The minimum absolute atomic E-state index is 0.0764. The molecular formula is C23H29FN2O4S. The number of hydrogen-bond donors (Lipinski definition) is 1. The summed E-state index contributed by atoms with van der Waals surface area (Å²) < 4.78 is 46.0. The second kappa shape index (κ2) is 10.2. The van der Waals surface area contributed by atoms with Gasteiger partial charge in [-0.15, -0.1) is 0 Å². The van der Waals surface area contributed by atoms with Crippen molar-refractivity contribution >= 4 is 15.9 Å². The second-order valence-corrected chi connectivity index (χ2v) is 9.72. The summed E-state index contributed by atoms with van der Waals surface area (Å²) in [6.07, 6.45) is 0.886. The normalized spacial score (nSPS) is 16.6. The number of nitrogens with zero attached hydrogens (tertiary/aromatic N) is 1. The summed E-state index contributed by atoms with van der Waals surface area (Å²) in [5.41, 5.74) is 1.13. The summed E-state index contributed by atoms with van der Waals surface area (Å²) >= 11 is 0. The molecule has 1 N–H and O–H groups in total. The largest absolute Gasteiger partial charge is 0.494 e. The molecule has 1 aliphatic rings. The molecule has 168 valence electrons. The van der Waals surface area contributed by atoms with Crippen molar-refractivity contribution in [3.8, 4) is 5.75 Å². The number of benzene rings is 2. The number of nitrogens with one attached hydrogen (secondary N) is 1. The Labute approximate surface area is 183 Å². The van der Waals surface area contributed by atoms with Crippen LogP contribution in [0.25, 0.3) is 0 Å². The van der Waals surface area contributed by atoms with Gasteiger partial charge in [0.15, 0.2) is 0 Å². The Bertz CT molecular complexity index is 987. The Morgan fingerprint density at radius 1 is 1.16 bits per heavy atom. The number of rotatable bonds is 8. The molecular weight excluding hydrogens is 419 g/mol. The van der Waals surface area contributed by atoms with Crippen LogP contribution in [0.2, 0.25) is 0 Å². The Morgan fingerprint density at radius 3 is 2.42 bits per heavy atom. The average Bonchev–Trinajstić information content (AvgIpc) is 2.76. The minimum atomic E-state index is -3.63. The number of sulfonamides is 1. The lowest BCUT2D eigenvalue weighted by Gasteiger charge is -2.31. The van der Waals surface area contributed by atoms with Crippen molar-refractivity contribution in [3.05, 3.63) is 65.5 Å². The fourth-order valence-corrected chi connectivity index (χ4v) is 5.31. The van der Waals surface area contributed by atoms with Gasteiger partial charge in [-0.05, 0) is 50.5 Å². The number of halogens is 1. The van der Waals surface area contributed by atoms with Gasteiger partial charge in [0.1, 0.15) is 11.6 Å². The van der Waals surface area contributed by atoms with Crippen molar-refractivity contribution in [2.45, 2.75) is 38.5 Å². The lowest BCUT2D eigenvalue weighted by atomic mass is 9.96. The van der Waals surface area contributed by atoms with Gasteiger partial charge in [0, 0.05) is 24.6 Å². The van der Waals surface area contributed by atoms with E-state index in [0.717, 1.165) is 11.3 Å². The molecule has 0 radical (unpaired) electrons. The molecule has 0 saturated carbocycles. The number of piperidine rings is 1. The first kappa shape index (κ1) is 23.2. The fraction of sp³-hybridized carbons (Fsp3) is 0.435. The van der Waals surface area contributed by atoms with E-state index in [9.17, 15) is 17.6 Å². The molecule has 3 rings (SSSR count). The van der Waals surface area contributed by atoms with Gasteiger partial charge in [-0.3, -0.25) is 4.79 Å². The first-order valence-electron chi connectivity index (χ1n) is 10.5. The Balaban J connectivity index is 1.52. The number of carbonyl (C=O) groups is 1. The van der Waals surface area contributed by atoms with Crippen LogP contribution < -0.4 is 10.1 Å². The van der Waals surface area contributed by atoms with Crippen LogP contribution >= 0.6 is 0 Å². The van der Waals surface area contributed by atoms with E-state index in [1.807, 2.05) is 38.1 Å². The summed E-state index contributed by atoms with van der Waals surface area (Å²) in [4.78, 5) is 12.7. The van der Waals surface area contributed by atoms with Gasteiger partial charge in [-0.2, -0.15) is 0 Å². The van der Waals surface area contributed by atoms with E-state index >= 15 is 0 Å². The maximum Gasteiger partial charge on any atom is 0.223 e. The molecule has 0 aliphatic carbocycles. The number of ether oxygens (including phenoxy) is 1. The summed E-state index contributed by atoms with van der Waals surface area (Å²) in [6, 6.07) is 13.3. The molecule has 0 spiro atoms. The van der Waals surface area contributed by atoms with Crippen molar-refractivity contribution in [2.24, 2.45) is 5.92 Å². The zero-order valence-corrected chi connectivity index (χ0v) is 18.7. The number of carbonyl (C=O) groups excluding carboxylic acids is 1. The topological polar surface area (TPSA) is 75.7 Å². The predicted octanol–water partition coefficient (Wildman–Crippen LogP) is 3.64. The van der Waals surface area contributed by atoms with E-state index in [2.05, 4.69) is 5.32 Å². The first-order valence-corrected chi connectivity index (χ1v) is 12.2. The SMILES string of the molecule is CCOc1ccc(C(C)NC(=O)C2CCN(S(=O)(=O)Cc3ccccc3F)CC2)cc1. The summed E-state index contributed by atoms with van der Waals surface area (Å²) in [6.45, 7) is 4.95. The summed E-state index contributed by atoms with van der Waals surface area (Å²) in [5.74, 6) is -0.430. The number of hydrogen-bond acceptors (Lipinski definition) is 4. The van der Waals surface area contributed by atoms with Crippen molar-refractivity contribution in [2.75, 3.05) is 19.7 Å². The van der Waals surface area contributed by atoms with Gasteiger partial charge < -0.3 is 10.1 Å². The second-order valence-electron chi connectivity index (χ2n) is 7.75. The molecule has 2 aromatic carbocycles. The van der Waals surface area contributed by atoms with Gasteiger partial charge >= 0.3 is 0 Å². The van der Waals surface area contributed by atoms with Crippen LogP contribution in [-0.2, 0) is 20.6 Å². The molecule has 2 aromatic rings. The minimum Gasteiger partial charge on any atom is -0.494 e. The molecule has 31 heavy (non-hydrogen) atoms. The monoisotopic (exact) mass is 448 g/mol. The lowest BCUT2D eigenvalue weighted by molar-refractivity contribution is -0.126. The van der Waals surface area contributed by atoms with Crippen molar-refractivity contribution in [1.82, 2.24) is 9.62 Å². The third-order valence-corrected chi connectivity index (χ3v) is 7.39. The van der Waals surface area contributed by atoms with Gasteiger partial charge in [-0.25, -0.2) is 17.1 Å². The van der Waals surface area contributed by atoms with Crippen LogP contribution in [0.3, 0.4) is 0 Å². The molecule has 1 amide bonds. The van der Waals surface area contributed by atoms with E-state index in [-0.39, 0.29) is 42.3 Å². The van der Waals surface area contributed by atoms with Crippen molar-refractivity contribution in [1.29, 1.82) is 0 Å². The van der Waals surface area contributed by atoms with Crippen LogP contribution in [0.1, 0.15) is 43.9 Å². The molecule has 1 atom stereocenters. The van der Waals surface area contributed by atoms with Gasteiger partial charge in [0.2, 0.25) is 15.9 Å². The molecule has 0 aromatic heterocycles. The lowest BCUT2D eigenvalue weighted by Crippen LogP contribution is -2.43. The molecule has 1 fully saturated rings. The maximum atomic E-state index is 13.8. The molecule has 1 unspecified atom stereocenters. The highest BCUT2D eigenvalue weighted by molar-refractivity contribution is 7.88. The van der Waals surface area contributed by atoms with E-state index < -0.39 is 15.8 Å². The first-order chi connectivity index (χ1) is 14.8. The average molecular weight is 449 g/mol. The standard InChI is InChI=1S/C23H29FN2O4S/c1-3-30-21-10-8-18(9-11-21)17(2)25-23(27)19-12-14-26(15-13-19)31(28,29)16-20-6-4-5-7-22(20)24/h4-11,17,19H,3,12-16H2,1-2H3,(H,25,27). The zero-order valence-electron chi connectivity index (χ0n) is 17.9. The smallest absolute Gasteiger partial charge is 0.223 e. The van der Waals surface area contributed by atoms with Crippen LogP contribution in [0.4, 0.5) is 4.39 Å². The summed E-state index contributed by atoms with van der Waals surface area (Å²) in [5, 5.41) is 3.02. The molecule has 6 nitrogen and oxygen atoms in total. The molecule has 1 aliphatic heterocycles. The third kappa shape index (κ3) is 6.04. The highest BCUT2D eigenvalue weighted by Crippen LogP contribution is 2.24. The van der Waals surface area contributed by atoms with E-state index in [0.29, 0.717) is 19.4 Å².